The van der Waals surface area contributed by atoms with Gasteiger partial charge in [0.2, 0.25) is 0 Å². The van der Waals surface area contributed by atoms with Crippen molar-refractivity contribution in [2.75, 3.05) is 20.2 Å². The predicted molar refractivity (Wildman–Crippen MR) is 84.8 cm³/mol. The van der Waals surface area contributed by atoms with Gasteiger partial charge in [-0.3, -0.25) is 4.79 Å². The average molecular weight is 283 g/mol. The Bertz CT molecular complexity index is 622. The molecule has 2 rings (SSSR count). The molecule has 3 heteroatoms. The van der Waals surface area contributed by atoms with E-state index in [0.717, 1.165) is 22.4 Å². The molecule has 0 fully saturated rings. The lowest BCUT2D eigenvalue weighted by Crippen LogP contribution is -2.31. The summed E-state index contributed by atoms with van der Waals surface area (Å²) in [5.41, 5.74) is 2.84. The monoisotopic (exact) mass is 283 g/mol. The van der Waals surface area contributed by atoms with Crippen LogP contribution < -0.4 is 4.74 Å². The van der Waals surface area contributed by atoms with Gasteiger partial charge in [0, 0.05) is 12.6 Å². The molecule has 0 aromatic heterocycles. The Morgan fingerprint density at radius 3 is 2.29 bits per heavy atom. The van der Waals surface area contributed by atoms with Gasteiger partial charge in [-0.1, -0.05) is 36.4 Å². The Labute approximate surface area is 126 Å². The van der Waals surface area contributed by atoms with E-state index in [9.17, 15) is 4.79 Å². The Balaban J connectivity index is 1.90. The zero-order valence-electron chi connectivity index (χ0n) is 12.8. The van der Waals surface area contributed by atoms with E-state index in [1.807, 2.05) is 62.4 Å². The van der Waals surface area contributed by atoms with Gasteiger partial charge in [-0.05, 0) is 37.1 Å². The van der Waals surface area contributed by atoms with Crippen LogP contribution in [0.5, 0.6) is 5.75 Å². The second-order valence-corrected chi connectivity index (χ2v) is 5.16. The molecular weight excluding hydrogens is 262 g/mol. The Hall–Kier alpha value is -2.29. The third-order valence-corrected chi connectivity index (χ3v) is 3.50. The van der Waals surface area contributed by atoms with Gasteiger partial charge in [0.1, 0.15) is 12.4 Å². The number of para-hydroxylation sites is 1. The van der Waals surface area contributed by atoms with Crippen LogP contribution in [0, 0.1) is 13.8 Å². The van der Waals surface area contributed by atoms with Crippen LogP contribution in [-0.4, -0.2) is 31.0 Å². The lowest BCUT2D eigenvalue weighted by atomic mass is 10.1. The van der Waals surface area contributed by atoms with E-state index in [0.29, 0.717) is 13.2 Å². The van der Waals surface area contributed by atoms with Crippen molar-refractivity contribution in [3.63, 3.8) is 0 Å². The lowest BCUT2D eigenvalue weighted by Gasteiger charge is -2.19. The van der Waals surface area contributed by atoms with Crippen molar-refractivity contribution < 1.29 is 9.53 Å². The Kier molecular flexibility index (Phi) is 4.99. The molecule has 0 aliphatic rings. The van der Waals surface area contributed by atoms with Crippen LogP contribution in [0.2, 0.25) is 0 Å². The number of hydrogen-bond acceptors (Lipinski definition) is 2. The minimum atomic E-state index is 0.0292. The van der Waals surface area contributed by atoms with Crippen molar-refractivity contribution in [3.8, 4) is 5.75 Å². The van der Waals surface area contributed by atoms with E-state index < -0.39 is 0 Å². The number of ether oxygens (including phenoxy) is 1. The van der Waals surface area contributed by atoms with Crippen LogP contribution in [0.4, 0.5) is 0 Å². The fourth-order valence-electron chi connectivity index (χ4n) is 2.13. The lowest BCUT2D eigenvalue weighted by molar-refractivity contribution is 0.0773. The maximum atomic E-state index is 12.3. The number of nitrogens with zero attached hydrogens (tertiary/aromatic N) is 1. The third-order valence-electron chi connectivity index (χ3n) is 3.50. The summed E-state index contributed by atoms with van der Waals surface area (Å²) < 4.78 is 5.73. The first-order valence-corrected chi connectivity index (χ1v) is 7.09. The molecule has 0 N–H and O–H groups in total. The first-order valence-electron chi connectivity index (χ1n) is 7.09. The van der Waals surface area contributed by atoms with Crippen molar-refractivity contribution >= 4 is 5.91 Å². The summed E-state index contributed by atoms with van der Waals surface area (Å²) >= 11 is 0. The van der Waals surface area contributed by atoms with E-state index in [1.54, 1.807) is 11.9 Å². The summed E-state index contributed by atoms with van der Waals surface area (Å²) in [5.74, 6) is 0.899. The van der Waals surface area contributed by atoms with E-state index in [-0.39, 0.29) is 5.91 Å². The molecule has 3 nitrogen and oxygen atoms in total. The highest BCUT2D eigenvalue weighted by atomic mass is 16.5. The Morgan fingerprint density at radius 1 is 1.00 bits per heavy atom. The van der Waals surface area contributed by atoms with Gasteiger partial charge < -0.3 is 9.64 Å². The number of likely N-dealkylation sites (N-methyl/N-ethyl adjacent to an activating group) is 1. The molecule has 110 valence electrons. The minimum absolute atomic E-state index is 0.0292. The molecule has 0 aliphatic carbocycles. The summed E-state index contributed by atoms with van der Waals surface area (Å²) in [6.07, 6.45) is 0. The molecule has 0 bridgehead atoms. The molecule has 2 aromatic rings. The largest absolute Gasteiger partial charge is 0.491 e. The molecule has 2 aromatic carbocycles. The zero-order valence-corrected chi connectivity index (χ0v) is 12.8. The molecule has 0 atom stereocenters. The molecule has 0 heterocycles. The number of benzene rings is 2. The zero-order chi connectivity index (χ0) is 15.2. The first-order chi connectivity index (χ1) is 10.1. The number of carbonyl (C=O) groups is 1. The maximum Gasteiger partial charge on any atom is 0.253 e. The maximum absolute atomic E-state index is 12.3. The molecule has 0 unspecified atom stereocenters. The van der Waals surface area contributed by atoms with Gasteiger partial charge in [0.05, 0.1) is 6.54 Å². The topological polar surface area (TPSA) is 29.5 Å². The van der Waals surface area contributed by atoms with Crippen LogP contribution in [-0.2, 0) is 0 Å². The highest BCUT2D eigenvalue weighted by Crippen LogP contribution is 2.16. The Morgan fingerprint density at radius 2 is 1.62 bits per heavy atom. The first kappa shape index (κ1) is 15.1. The van der Waals surface area contributed by atoms with Gasteiger partial charge in [-0.25, -0.2) is 0 Å². The van der Waals surface area contributed by atoms with Gasteiger partial charge in [-0.15, -0.1) is 0 Å². The number of rotatable bonds is 5. The average Bonchev–Trinajstić information content (AvgIpc) is 2.49. The fraction of sp³-hybridized carbons (Fsp3) is 0.278. The van der Waals surface area contributed by atoms with Crippen molar-refractivity contribution in [2.24, 2.45) is 0 Å². The predicted octanol–water partition coefficient (Wildman–Crippen LogP) is 3.45. The molecule has 0 aliphatic heterocycles. The van der Waals surface area contributed by atoms with E-state index in [4.69, 9.17) is 4.74 Å². The summed E-state index contributed by atoms with van der Waals surface area (Å²) in [4.78, 5) is 14.0. The molecule has 21 heavy (non-hydrogen) atoms. The van der Waals surface area contributed by atoms with Crippen molar-refractivity contribution in [1.29, 1.82) is 0 Å². The number of aryl methyl sites for hydroxylation is 2. The van der Waals surface area contributed by atoms with Crippen LogP contribution in [0.1, 0.15) is 21.5 Å². The summed E-state index contributed by atoms with van der Waals surface area (Å²) in [7, 11) is 1.80. The molecule has 0 radical (unpaired) electrons. The molecule has 0 saturated heterocycles. The van der Waals surface area contributed by atoms with Crippen LogP contribution in [0.15, 0.2) is 48.5 Å². The van der Waals surface area contributed by atoms with Crippen molar-refractivity contribution in [2.45, 2.75) is 13.8 Å². The molecule has 1 amide bonds. The SMILES string of the molecule is Cc1ccccc1OCCN(C)C(=O)c1ccccc1C. The third kappa shape index (κ3) is 3.85. The second-order valence-electron chi connectivity index (χ2n) is 5.16. The van der Waals surface area contributed by atoms with E-state index in [1.165, 1.54) is 0 Å². The highest BCUT2D eigenvalue weighted by molar-refractivity contribution is 5.95. The molecule has 0 saturated carbocycles. The summed E-state index contributed by atoms with van der Waals surface area (Å²) in [5, 5.41) is 0. The molecular formula is C18H21NO2. The van der Waals surface area contributed by atoms with Gasteiger partial charge >= 0.3 is 0 Å². The van der Waals surface area contributed by atoms with Crippen molar-refractivity contribution in [1.82, 2.24) is 4.90 Å². The van der Waals surface area contributed by atoms with Crippen LogP contribution >= 0.6 is 0 Å². The van der Waals surface area contributed by atoms with Crippen molar-refractivity contribution in [3.05, 3.63) is 65.2 Å². The number of amides is 1. The van der Waals surface area contributed by atoms with Gasteiger partial charge in [-0.2, -0.15) is 0 Å². The minimum Gasteiger partial charge on any atom is -0.491 e. The van der Waals surface area contributed by atoms with Gasteiger partial charge in [0.15, 0.2) is 0 Å². The normalized spacial score (nSPS) is 10.2. The summed E-state index contributed by atoms with van der Waals surface area (Å²) in [6.45, 7) is 5.00. The van der Waals surface area contributed by atoms with Crippen LogP contribution in [0.3, 0.4) is 0 Å². The quantitative estimate of drug-likeness (QED) is 0.841. The number of hydrogen-bond donors (Lipinski definition) is 0. The van der Waals surface area contributed by atoms with Gasteiger partial charge in [0.25, 0.3) is 5.91 Å². The standard InChI is InChI=1S/C18H21NO2/c1-14-8-4-6-10-16(14)18(20)19(3)12-13-21-17-11-7-5-9-15(17)2/h4-11H,12-13H2,1-3H3. The van der Waals surface area contributed by atoms with E-state index in [2.05, 4.69) is 0 Å². The van der Waals surface area contributed by atoms with E-state index >= 15 is 0 Å². The molecule has 0 spiro atoms. The smallest absolute Gasteiger partial charge is 0.253 e. The second kappa shape index (κ2) is 6.93. The summed E-state index contributed by atoms with van der Waals surface area (Å²) in [6, 6.07) is 15.5. The number of carbonyl (C=O) groups excluding carboxylic acids is 1. The van der Waals surface area contributed by atoms with Crippen LogP contribution in [0.25, 0.3) is 0 Å². The highest BCUT2D eigenvalue weighted by Gasteiger charge is 2.13. The fourth-order valence-corrected chi connectivity index (χ4v) is 2.13.